The van der Waals surface area contributed by atoms with Gasteiger partial charge in [-0.3, -0.25) is 14.5 Å². The monoisotopic (exact) mass is 256 g/mol. The molecule has 0 unspecified atom stereocenters. The van der Waals surface area contributed by atoms with Gasteiger partial charge in [-0.1, -0.05) is 12.2 Å². The van der Waals surface area contributed by atoms with Crippen molar-refractivity contribution in [2.45, 2.75) is 20.8 Å². The topological polar surface area (TPSA) is 49.9 Å². The van der Waals surface area contributed by atoms with Crippen molar-refractivity contribution >= 4 is 11.9 Å². The highest BCUT2D eigenvalue weighted by Gasteiger charge is 2.16. The SMILES string of the molecule is C=C(C)CN(CC)C(=O)CN(C)CC(=O)OCC. The minimum Gasteiger partial charge on any atom is -0.465 e. The van der Waals surface area contributed by atoms with Crippen LogP contribution in [0.15, 0.2) is 12.2 Å². The van der Waals surface area contributed by atoms with Gasteiger partial charge in [-0.05, 0) is 27.8 Å². The normalized spacial score (nSPS) is 10.3. The number of likely N-dealkylation sites (N-methyl/N-ethyl adjacent to an activating group) is 2. The molecule has 5 nitrogen and oxygen atoms in total. The summed E-state index contributed by atoms with van der Waals surface area (Å²) >= 11 is 0. The molecule has 0 aliphatic rings. The second-order valence-electron chi connectivity index (χ2n) is 4.34. The summed E-state index contributed by atoms with van der Waals surface area (Å²) in [4.78, 5) is 26.6. The van der Waals surface area contributed by atoms with E-state index in [-0.39, 0.29) is 25.0 Å². The van der Waals surface area contributed by atoms with Gasteiger partial charge >= 0.3 is 5.97 Å². The largest absolute Gasteiger partial charge is 0.465 e. The van der Waals surface area contributed by atoms with E-state index < -0.39 is 0 Å². The molecule has 0 radical (unpaired) electrons. The van der Waals surface area contributed by atoms with E-state index in [0.29, 0.717) is 19.7 Å². The van der Waals surface area contributed by atoms with Crippen LogP contribution in [0.2, 0.25) is 0 Å². The molecule has 0 aliphatic heterocycles. The average Bonchev–Trinajstić information content (AvgIpc) is 2.25. The van der Waals surface area contributed by atoms with Crippen LogP contribution in [0.4, 0.5) is 0 Å². The standard InChI is InChI=1S/C13H24N2O3/c1-6-15(8-11(3)4)12(16)9-14(5)10-13(17)18-7-2/h3,6-10H2,1-2,4-5H3. The summed E-state index contributed by atoms with van der Waals surface area (Å²) in [5.41, 5.74) is 0.943. The molecule has 0 aromatic carbocycles. The Morgan fingerprint density at radius 1 is 1.17 bits per heavy atom. The van der Waals surface area contributed by atoms with Gasteiger partial charge < -0.3 is 9.64 Å². The zero-order valence-electron chi connectivity index (χ0n) is 11.9. The highest BCUT2D eigenvalue weighted by Crippen LogP contribution is 1.98. The summed E-state index contributed by atoms with van der Waals surface area (Å²) in [7, 11) is 1.73. The van der Waals surface area contributed by atoms with Gasteiger partial charge in [-0.25, -0.2) is 0 Å². The number of rotatable bonds is 8. The van der Waals surface area contributed by atoms with Gasteiger partial charge in [0.05, 0.1) is 19.7 Å². The van der Waals surface area contributed by atoms with Crippen molar-refractivity contribution < 1.29 is 14.3 Å². The first-order chi connectivity index (χ1) is 8.40. The van der Waals surface area contributed by atoms with Crippen LogP contribution in [0.3, 0.4) is 0 Å². The fraction of sp³-hybridized carbons (Fsp3) is 0.692. The highest BCUT2D eigenvalue weighted by molar-refractivity contribution is 5.79. The van der Waals surface area contributed by atoms with Gasteiger partial charge in [0, 0.05) is 13.1 Å². The average molecular weight is 256 g/mol. The van der Waals surface area contributed by atoms with Gasteiger partial charge in [-0.2, -0.15) is 0 Å². The molecular formula is C13H24N2O3. The molecule has 0 rings (SSSR count). The number of hydrogen-bond acceptors (Lipinski definition) is 4. The smallest absolute Gasteiger partial charge is 0.320 e. The molecule has 0 heterocycles. The van der Waals surface area contributed by atoms with E-state index in [1.165, 1.54) is 0 Å². The molecule has 0 fully saturated rings. The van der Waals surface area contributed by atoms with Crippen LogP contribution in [0.1, 0.15) is 20.8 Å². The summed E-state index contributed by atoms with van der Waals surface area (Å²) in [6.07, 6.45) is 0. The quantitative estimate of drug-likeness (QED) is 0.478. The van der Waals surface area contributed by atoms with Crippen molar-refractivity contribution in [3.05, 3.63) is 12.2 Å². The van der Waals surface area contributed by atoms with Crippen molar-refractivity contribution in [3.8, 4) is 0 Å². The van der Waals surface area contributed by atoms with Gasteiger partial charge in [-0.15, -0.1) is 0 Å². The van der Waals surface area contributed by atoms with Crippen LogP contribution in [0.5, 0.6) is 0 Å². The first-order valence-electron chi connectivity index (χ1n) is 6.17. The van der Waals surface area contributed by atoms with E-state index in [4.69, 9.17) is 4.74 Å². The van der Waals surface area contributed by atoms with Crippen molar-refractivity contribution in [2.75, 3.05) is 39.8 Å². The van der Waals surface area contributed by atoms with E-state index >= 15 is 0 Å². The van der Waals surface area contributed by atoms with Gasteiger partial charge in [0.15, 0.2) is 0 Å². The van der Waals surface area contributed by atoms with Crippen molar-refractivity contribution in [2.24, 2.45) is 0 Å². The Labute approximate surface area is 109 Å². The van der Waals surface area contributed by atoms with Gasteiger partial charge in [0.1, 0.15) is 0 Å². The first-order valence-corrected chi connectivity index (χ1v) is 6.17. The molecule has 0 N–H and O–H groups in total. The van der Waals surface area contributed by atoms with Gasteiger partial charge in [0.25, 0.3) is 0 Å². The number of amides is 1. The van der Waals surface area contributed by atoms with Crippen molar-refractivity contribution in [1.29, 1.82) is 0 Å². The summed E-state index contributed by atoms with van der Waals surface area (Å²) < 4.78 is 4.83. The number of esters is 1. The molecule has 0 saturated heterocycles. The summed E-state index contributed by atoms with van der Waals surface area (Å²) in [5.74, 6) is -0.317. The number of nitrogens with zero attached hydrogens (tertiary/aromatic N) is 2. The van der Waals surface area contributed by atoms with E-state index in [2.05, 4.69) is 6.58 Å². The van der Waals surface area contributed by atoms with Gasteiger partial charge in [0.2, 0.25) is 5.91 Å². The van der Waals surface area contributed by atoms with E-state index in [9.17, 15) is 9.59 Å². The Balaban J connectivity index is 4.19. The minimum absolute atomic E-state index is 0.00713. The second-order valence-corrected chi connectivity index (χ2v) is 4.34. The van der Waals surface area contributed by atoms with E-state index in [0.717, 1.165) is 5.57 Å². The number of carbonyl (C=O) groups is 2. The molecule has 0 atom stereocenters. The number of ether oxygens (including phenoxy) is 1. The van der Waals surface area contributed by atoms with Crippen LogP contribution in [-0.2, 0) is 14.3 Å². The second kappa shape index (κ2) is 8.69. The molecule has 0 aromatic heterocycles. The zero-order chi connectivity index (χ0) is 14.1. The molecule has 0 spiro atoms. The zero-order valence-corrected chi connectivity index (χ0v) is 11.9. The fourth-order valence-corrected chi connectivity index (χ4v) is 1.52. The lowest BCUT2D eigenvalue weighted by Crippen LogP contribution is -2.41. The van der Waals surface area contributed by atoms with Crippen molar-refractivity contribution in [1.82, 2.24) is 9.80 Å². The van der Waals surface area contributed by atoms with Crippen LogP contribution in [0.25, 0.3) is 0 Å². The summed E-state index contributed by atoms with van der Waals surface area (Å²) in [5, 5.41) is 0. The number of hydrogen-bond donors (Lipinski definition) is 0. The maximum Gasteiger partial charge on any atom is 0.320 e. The molecular weight excluding hydrogens is 232 g/mol. The maximum absolute atomic E-state index is 12.0. The first kappa shape index (κ1) is 16.6. The third-order valence-electron chi connectivity index (χ3n) is 2.30. The molecule has 0 aliphatic carbocycles. The van der Waals surface area contributed by atoms with Crippen LogP contribution < -0.4 is 0 Å². The van der Waals surface area contributed by atoms with E-state index in [1.54, 1.807) is 23.8 Å². The Morgan fingerprint density at radius 3 is 2.22 bits per heavy atom. The predicted octanol–water partition coefficient (Wildman–Crippen LogP) is 0.906. The molecule has 0 saturated carbocycles. The Bertz CT molecular complexity index is 303. The van der Waals surface area contributed by atoms with Crippen molar-refractivity contribution in [3.63, 3.8) is 0 Å². The fourth-order valence-electron chi connectivity index (χ4n) is 1.52. The third kappa shape index (κ3) is 7.06. The lowest BCUT2D eigenvalue weighted by atomic mass is 10.3. The maximum atomic E-state index is 12.0. The van der Waals surface area contributed by atoms with E-state index in [1.807, 2.05) is 13.8 Å². The van der Waals surface area contributed by atoms with Crippen LogP contribution in [0, 0.1) is 0 Å². The summed E-state index contributed by atoms with van der Waals surface area (Å²) in [6.45, 7) is 11.3. The molecule has 0 aromatic rings. The lowest BCUT2D eigenvalue weighted by molar-refractivity contribution is -0.144. The Kier molecular flexibility index (Phi) is 8.03. The highest BCUT2D eigenvalue weighted by atomic mass is 16.5. The van der Waals surface area contributed by atoms with Crippen LogP contribution in [-0.4, -0.2) is 61.5 Å². The summed E-state index contributed by atoms with van der Waals surface area (Å²) in [6, 6.07) is 0. The molecule has 104 valence electrons. The lowest BCUT2D eigenvalue weighted by Gasteiger charge is -2.24. The Hall–Kier alpha value is -1.36. The molecule has 5 heteroatoms. The Morgan fingerprint density at radius 2 is 1.78 bits per heavy atom. The molecule has 1 amide bonds. The third-order valence-corrected chi connectivity index (χ3v) is 2.30. The predicted molar refractivity (Wildman–Crippen MR) is 71.2 cm³/mol. The van der Waals surface area contributed by atoms with Crippen LogP contribution >= 0.6 is 0 Å². The molecule has 0 bridgehead atoms. The number of carbonyl (C=O) groups excluding carboxylic acids is 2. The minimum atomic E-state index is -0.309. The molecule has 18 heavy (non-hydrogen) atoms.